The van der Waals surface area contributed by atoms with Gasteiger partial charge in [-0.15, -0.1) is 0 Å². The Balaban J connectivity index is 2.00. The van der Waals surface area contributed by atoms with Crippen LogP contribution in [0.4, 0.5) is 0 Å². The van der Waals surface area contributed by atoms with E-state index in [9.17, 15) is 14.4 Å². The summed E-state index contributed by atoms with van der Waals surface area (Å²) in [7, 11) is 0. The summed E-state index contributed by atoms with van der Waals surface area (Å²) < 4.78 is 0. The van der Waals surface area contributed by atoms with Crippen LogP contribution < -0.4 is 10.6 Å². The molecular weight excluding hydrogens is 342 g/mol. The highest BCUT2D eigenvalue weighted by Gasteiger charge is 2.39. The molecule has 2 atom stereocenters. The van der Waals surface area contributed by atoms with Gasteiger partial charge in [-0.3, -0.25) is 14.4 Å². The van der Waals surface area contributed by atoms with Crippen LogP contribution in [0.25, 0.3) is 0 Å². The molecule has 1 aromatic rings. The van der Waals surface area contributed by atoms with Gasteiger partial charge in [0.15, 0.2) is 5.82 Å². The number of hydrogen-bond acceptors (Lipinski definition) is 5. The van der Waals surface area contributed by atoms with E-state index >= 15 is 0 Å². The lowest BCUT2D eigenvalue weighted by Gasteiger charge is -2.23. The number of rotatable bonds is 8. The summed E-state index contributed by atoms with van der Waals surface area (Å²) in [5.74, 6) is 1.35. The number of aromatic amines is 1. The van der Waals surface area contributed by atoms with Gasteiger partial charge in [-0.05, 0) is 19.1 Å². The summed E-state index contributed by atoms with van der Waals surface area (Å²) in [5, 5.41) is 5.62. The fourth-order valence-electron chi connectivity index (χ4n) is 2.85. The van der Waals surface area contributed by atoms with Crippen molar-refractivity contribution in [3.8, 4) is 0 Å². The highest BCUT2D eigenvalue weighted by atomic mass is 32.2. The Morgan fingerprint density at radius 3 is 2.84 bits per heavy atom. The number of nitrogens with zero attached hydrogens (tertiary/aromatic N) is 2. The predicted octanol–water partition coefficient (Wildman–Crippen LogP) is 0.388. The Morgan fingerprint density at radius 2 is 2.20 bits per heavy atom. The van der Waals surface area contributed by atoms with E-state index in [1.165, 1.54) is 6.20 Å². The van der Waals surface area contributed by atoms with Crippen LogP contribution in [0.5, 0.6) is 0 Å². The van der Waals surface area contributed by atoms with E-state index in [4.69, 9.17) is 0 Å². The summed E-state index contributed by atoms with van der Waals surface area (Å²) in [5.41, 5.74) is 0. The molecule has 1 aliphatic rings. The van der Waals surface area contributed by atoms with E-state index in [0.717, 1.165) is 11.5 Å². The Hall–Kier alpha value is -2.03. The standard InChI is InChI=1S/C16H25N5O3S/c1-3-17-15(23)12-9-11(20-16(24)14-18-6-7-19-14)10-21(12)13(22)5-8-25-4-2/h6-7,11-12H,3-5,8-10H2,1-2H3,(H,17,23)(H,18,19)(H,20,24)/t11-,12+/m1/s1. The first kappa shape index (κ1) is 19.3. The zero-order valence-corrected chi connectivity index (χ0v) is 15.4. The van der Waals surface area contributed by atoms with Gasteiger partial charge in [-0.1, -0.05) is 6.92 Å². The number of imidazole rings is 1. The lowest BCUT2D eigenvalue weighted by molar-refractivity contribution is -0.138. The van der Waals surface area contributed by atoms with Crippen LogP contribution in [0.3, 0.4) is 0 Å². The molecule has 3 amide bonds. The first-order valence-corrected chi connectivity index (χ1v) is 9.67. The minimum atomic E-state index is -0.541. The molecule has 9 heteroatoms. The van der Waals surface area contributed by atoms with E-state index in [1.807, 2.05) is 13.8 Å². The number of aromatic nitrogens is 2. The van der Waals surface area contributed by atoms with Gasteiger partial charge in [0.25, 0.3) is 5.91 Å². The molecule has 1 aliphatic heterocycles. The second-order valence-corrected chi connectivity index (χ2v) is 7.14. The van der Waals surface area contributed by atoms with E-state index in [1.54, 1.807) is 22.9 Å². The number of likely N-dealkylation sites (N-methyl/N-ethyl adjacent to an activating group) is 1. The van der Waals surface area contributed by atoms with Crippen molar-refractivity contribution in [3.63, 3.8) is 0 Å². The minimum absolute atomic E-state index is 0.0491. The predicted molar refractivity (Wildman–Crippen MR) is 96.3 cm³/mol. The maximum absolute atomic E-state index is 12.5. The number of carbonyl (C=O) groups excluding carboxylic acids is 3. The van der Waals surface area contributed by atoms with Crippen molar-refractivity contribution in [2.24, 2.45) is 0 Å². The zero-order chi connectivity index (χ0) is 18.2. The van der Waals surface area contributed by atoms with Crippen molar-refractivity contribution in [2.45, 2.75) is 38.8 Å². The molecule has 0 spiro atoms. The van der Waals surface area contributed by atoms with Crippen LogP contribution >= 0.6 is 11.8 Å². The van der Waals surface area contributed by atoms with Crippen molar-refractivity contribution in [3.05, 3.63) is 18.2 Å². The molecule has 0 bridgehead atoms. The quantitative estimate of drug-likeness (QED) is 0.576. The average molecular weight is 367 g/mol. The Morgan fingerprint density at radius 1 is 1.40 bits per heavy atom. The topological polar surface area (TPSA) is 107 Å². The Kier molecular flexibility index (Phi) is 7.30. The molecule has 0 unspecified atom stereocenters. The third kappa shape index (κ3) is 5.22. The van der Waals surface area contributed by atoms with Gasteiger partial charge >= 0.3 is 0 Å². The Bertz CT molecular complexity index is 593. The number of likely N-dealkylation sites (tertiary alicyclic amines) is 1. The Labute approximate surface area is 151 Å². The normalized spacial score (nSPS) is 19.7. The summed E-state index contributed by atoms with van der Waals surface area (Å²) in [6, 6.07) is -0.811. The van der Waals surface area contributed by atoms with Crippen LogP contribution in [0.1, 0.15) is 37.3 Å². The van der Waals surface area contributed by atoms with E-state index in [-0.39, 0.29) is 29.6 Å². The number of amides is 3. The van der Waals surface area contributed by atoms with E-state index in [0.29, 0.717) is 25.9 Å². The van der Waals surface area contributed by atoms with Crippen molar-refractivity contribution >= 4 is 29.5 Å². The molecule has 8 nitrogen and oxygen atoms in total. The smallest absolute Gasteiger partial charge is 0.287 e. The van der Waals surface area contributed by atoms with Crippen LogP contribution in [0, 0.1) is 0 Å². The summed E-state index contributed by atoms with van der Waals surface area (Å²) in [6.45, 7) is 4.73. The highest BCUT2D eigenvalue weighted by Crippen LogP contribution is 2.20. The molecule has 1 aromatic heterocycles. The van der Waals surface area contributed by atoms with Gasteiger partial charge in [-0.25, -0.2) is 4.98 Å². The molecule has 3 N–H and O–H groups in total. The SMILES string of the molecule is CCNC(=O)[C@@H]1C[C@@H](NC(=O)c2ncc[nH]2)CN1C(=O)CCSCC. The molecule has 0 aliphatic carbocycles. The van der Waals surface area contributed by atoms with Crippen molar-refractivity contribution < 1.29 is 14.4 Å². The number of hydrogen-bond donors (Lipinski definition) is 3. The molecule has 0 aromatic carbocycles. The molecule has 0 saturated carbocycles. The van der Waals surface area contributed by atoms with Gasteiger partial charge in [-0.2, -0.15) is 11.8 Å². The van der Waals surface area contributed by atoms with Gasteiger partial charge in [0, 0.05) is 43.7 Å². The van der Waals surface area contributed by atoms with Crippen LogP contribution in [-0.2, 0) is 9.59 Å². The van der Waals surface area contributed by atoms with Crippen LogP contribution in [0.15, 0.2) is 12.4 Å². The van der Waals surface area contributed by atoms with Gasteiger partial charge in [0.05, 0.1) is 0 Å². The molecule has 2 rings (SSSR count). The molecule has 25 heavy (non-hydrogen) atoms. The number of carbonyl (C=O) groups is 3. The van der Waals surface area contributed by atoms with Crippen LogP contribution in [-0.4, -0.2) is 69.3 Å². The maximum Gasteiger partial charge on any atom is 0.287 e. The molecular formula is C16H25N5O3S. The largest absolute Gasteiger partial charge is 0.355 e. The summed E-state index contributed by atoms with van der Waals surface area (Å²) in [6.07, 6.45) is 3.88. The lowest BCUT2D eigenvalue weighted by Crippen LogP contribution is -2.46. The molecule has 0 radical (unpaired) electrons. The first-order chi connectivity index (χ1) is 12.1. The maximum atomic E-state index is 12.5. The van der Waals surface area contributed by atoms with Crippen molar-refractivity contribution in [1.82, 2.24) is 25.5 Å². The minimum Gasteiger partial charge on any atom is -0.355 e. The second-order valence-electron chi connectivity index (χ2n) is 5.75. The summed E-state index contributed by atoms with van der Waals surface area (Å²) in [4.78, 5) is 45.2. The van der Waals surface area contributed by atoms with E-state index in [2.05, 4.69) is 20.6 Å². The fraction of sp³-hybridized carbons (Fsp3) is 0.625. The third-order valence-electron chi connectivity index (χ3n) is 3.99. The number of H-pyrrole nitrogens is 1. The number of nitrogens with one attached hydrogen (secondary N) is 3. The lowest BCUT2D eigenvalue weighted by atomic mass is 10.1. The van der Waals surface area contributed by atoms with Gasteiger partial charge in [0.1, 0.15) is 6.04 Å². The van der Waals surface area contributed by atoms with Gasteiger partial charge < -0.3 is 20.5 Å². The van der Waals surface area contributed by atoms with Gasteiger partial charge in [0.2, 0.25) is 11.8 Å². The van der Waals surface area contributed by atoms with Crippen molar-refractivity contribution in [1.29, 1.82) is 0 Å². The second kappa shape index (κ2) is 9.45. The summed E-state index contributed by atoms with van der Waals surface area (Å²) >= 11 is 1.69. The zero-order valence-electron chi connectivity index (χ0n) is 14.6. The van der Waals surface area contributed by atoms with Crippen LogP contribution in [0.2, 0.25) is 0 Å². The number of thioether (sulfide) groups is 1. The first-order valence-electron chi connectivity index (χ1n) is 8.51. The molecule has 1 fully saturated rings. The average Bonchev–Trinajstić information content (AvgIpc) is 3.25. The van der Waals surface area contributed by atoms with E-state index < -0.39 is 6.04 Å². The molecule has 1 saturated heterocycles. The molecule has 138 valence electrons. The van der Waals surface area contributed by atoms with Crippen molar-refractivity contribution in [2.75, 3.05) is 24.6 Å². The third-order valence-corrected chi connectivity index (χ3v) is 4.89. The monoisotopic (exact) mass is 367 g/mol. The fourth-order valence-corrected chi connectivity index (χ4v) is 3.46. The molecule has 2 heterocycles. The highest BCUT2D eigenvalue weighted by molar-refractivity contribution is 7.99.